The number of halogens is 1. The lowest BCUT2D eigenvalue weighted by Crippen LogP contribution is -2.25. The normalized spacial score (nSPS) is 11.6. The molecule has 0 amide bonds. The van der Waals surface area contributed by atoms with Gasteiger partial charge in [-0.2, -0.15) is 0 Å². The van der Waals surface area contributed by atoms with Crippen LogP contribution in [0.4, 0.5) is 0 Å². The van der Waals surface area contributed by atoms with Crippen LogP contribution < -0.4 is 0 Å². The van der Waals surface area contributed by atoms with Crippen LogP contribution in [-0.2, 0) is 13.0 Å². The fourth-order valence-corrected chi connectivity index (χ4v) is 3.80. The maximum atomic E-state index is 6.10. The third kappa shape index (κ3) is 10.1. The molecule has 158 valence electrons. The third-order valence-electron chi connectivity index (χ3n) is 5.47. The molecular formula is C27H38ClN. The van der Waals surface area contributed by atoms with Crippen LogP contribution in [0.1, 0.15) is 75.5 Å². The van der Waals surface area contributed by atoms with Crippen LogP contribution in [0.2, 0.25) is 5.02 Å². The van der Waals surface area contributed by atoms with E-state index in [0.717, 1.165) is 31.1 Å². The van der Waals surface area contributed by atoms with Crippen LogP contribution in [0.15, 0.2) is 54.6 Å². The first-order valence-electron chi connectivity index (χ1n) is 11.4. The Morgan fingerprint density at radius 1 is 0.862 bits per heavy atom. The molecule has 0 N–H and O–H groups in total. The van der Waals surface area contributed by atoms with E-state index in [1.807, 2.05) is 12.1 Å². The zero-order chi connectivity index (χ0) is 20.7. The van der Waals surface area contributed by atoms with Gasteiger partial charge in [-0.15, -0.1) is 0 Å². The van der Waals surface area contributed by atoms with Crippen molar-refractivity contribution in [1.29, 1.82) is 0 Å². The second-order valence-electron chi connectivity index (χ2n) is 7.95. The fourth-order valence-electron chi connectivity index (χ4n) is 3.58. The van der Waals surface area contributed by atoms with Gasteiger partial charge in [0.15, 0.2) is 0 Å². The van der Waals surface area contributed by atoms with Crippen LogP contribution in [0.3, 0.4) is 0 Å². The molecule has 0 aliphatic carbocycles. The molecule has 2 aromatic rings. The Bertz CT molecular complexity index is 705. The molecule has 0 fully saturated rings. The first kappa shape index (κ1) is 23.7. The van der Waals surface area contributed by atoms with E-state index in [9.17, 15) is 0 Å². The van der Waals surface area contributed by atoms with Crippen molar-refractivity contribution >= 4 is 17.7 Å². The molecule has 0 spiro atoms. The van der Waals surface area contributed by atoms with Crippen molar-refractivity contribution in [2.45, 2.75) is 71.8 Å². The van der Waals surface area contributed by atoms with Gasteiger partial charge in [0.2, 0.25) is 0 Å². The zero-order valence-corrected chi connectivity index (χ0v) is 19.1. The highest BCUT2D eigenvalue weighted by atomic mass is 35.5. The van der Waals surface area contributed by atoms with Crippen LogP contribution >= 0.6 is 11.6 Å². The molecule has 0 aliphatic rings. The summed E-state index contributed by atoms with van der Waals surface area (Å²) in [7, 11) is 0. The summed E-state index contributed by atoms with van der Waals surface area (Å²) < 4.78 is 0. The molecule has 2 rings (SSSR count). The summed E-state index contributed by atoms with van der Waals surface area (Å²) in [4.78, 5) is 2.49. The van der Waals surface area contributed by atoms with Crippen molar-refractivity contribution in [1.82, 2.24) is 4.90 Å². The smallest absolute Gasteiger partial charge is 0.0408 e. The van der Waals surface area contributed by atoms with E-state index >= 15 is 0 Å². The van der Waals surface area contributed by atoms with E-state index in [-0.39, 0.29) is 0 Å². The molecule has 1 nitrogen and oxygen atoms in total. The molecule has 0 saturated heterocycles. The number of hydrogen-bond acceptors (Lipinski definition) is 1. The van der Waals surface area contributed by atoms with Gasteiger partial charge in [-0.05, 0) is 54.6 Å². The minimum atomic E-state index is 0.825. The average molecular weight is 412 g/mol. The molecule has 0 radical (unpaired) electrons. The van der Waals surface area contributed by atoms with Gasteiger partial charge in [-0.1, -0.05) is 106 Å². The van der Waals surface area contributed by atoms with Crippen LogP contribution in [-0.4, -0.2) is 18.0 Å². The average Bonchev–Trinajstić information content (AvgIpc) is 2.74. The molecule has 0 aromatic heterocycles. The molecule has 29 heavy (non-hydrogen) atoms. The highest BCUT2D eigenvalue weighted by Crippen LogP contribution is 2.14. The topological polar surface area (TPSA) is 3.24 Å². The molecule has 0 heterocycles. The summed E-state index contributed by atoms with van der Waals surface area (Å²) in [6, 6.07) is 17.2. The number of rotatable bonds is 14. The molecular weight excluding hydrogens is 374 g/mol. The Balaban J connectivity index is 1.71. The summed E-state index contributed by atoms with van der Waals surface area (Å²) in [5, 5.41) is 0.825. The van der Waals surface area contributed by atoms with Crippen molar-refractivity contribution in [2.75, 3.05) is 13.1 Å². The molecule has 0 bridgehead atoms. The van der Waals surface area contributed by atoms with Crippen molar-refractivity contribution in [3.63, 3.8) is 0 Å². The number of likely N-dealkylation sites (N-methyl/N-ethyl adjacent to an activating group) is 1. The van der Waals surface area contributed by atoms with Gasteiger partial charge in [0.25, 0.3) is 0 Å². The maximum absolute atomic E-state index is 6.10. The monoisotopic (exact) mass is 411 g/mol. The Morgan fingerprint density at radius 3 is 2.34 bits per heavy atom. The second kappa shape index (κ2) is 14.4. The number of hydrogen-bond donors (Lipinski definition) is 0. The number of benzene rings is 2. The van der Waals surface area contributed by atoms with E-state index in [1.54, 1.807) is 0 Å². The number of unbranched alkanes of at least 4 members (excludes halogenated alkanes) is 6. The maximum Gasteiger partial charge on any atom is 0.0408 e. The molecule has 0 saturated carbocycles. The van der Waals surface area contributed by atoms with Gasteiger partial charge in [-0.3, -0.25) is 4.90 Å². The van der Waals surface area contributed by atoms with E-state index in [4.69, 9.17) is 11.6 Å². The first-order valence-corrected chi connectivity index (χ1v) is 11.8. The first-order chi connectivity index (χ1) is 14.2. The van der Waals surface area contributed by atoms with Gasteiger partial charge in [0, 0.05) is 18.1 Å². The third-order valence-corrected chi connectivity index (χ3v) is 5.71. The SMILES string of the molecule is CCCCCCCC/C=C\c1ccc(CN(CC)CCc2cccc(Cl)c2)cc1. The van der Waals surface area contributed by atoms with Gasteiger partial charge in [-0.25, -0.2) is 0 Å². The minimum absolute atomic E-state index is 0.825. The summed E-state index contributed by atoms with van der Waals surface area (Å²) in [6.07, 6.45) is 15.0. The van der Waals surface area contributed by atoms with E-state index in [2.05, 4.69) is 67.3 Å². The van der Waals surface area contributed by atoms with Crippen molar-refractivity contribution in [3.8, 4) is 0 Å². The van der Waals surface area contributed by atoms with Gasteiger partial charge < -0.3 is 0 Å². The molecule has 2 heteroatoms. The van der Waals surface area contributed by atoms with Crippen LogP contribution in [0, 0.1) is 0 Å². The highest BCUT2D eigenvalue weighted by Gasteiger charge is 2.05. The summed E-state index contributed by atoms with van der Waals surface area (Å²) >= 11 is 6.10. The Kier molecular flexibility index (Phi) is 11.8. The van der Waals surface area contributed by atoms with Crippen molar-refractivity contribution in [3.05, 3.63) is 76.3 Å². The lowest BCUT2D eigenvalue weighted by molar-refractivity contribution is 0.283. The largest absolute Gasteiger partial charge is 0.299 e. The lowest BCUT2D eigenvalue weighted by Gasteiger charge is -2.20. The van der Waals surface area contributed by atoms with E-state index in [1.165, 1.54) is 61.6 Å². The summed E-state index contributed by atoms with van der Waals surface area (Å²) in [5.74, 6) is 0. The second-order valence-corrected chi connectivity index (χ2v) is 8.39. The highest BCUT2D eigenvalue weighted by molar-refractivity contribution is 6.30. The zero-order valence-electron chi connectivity index (χ0n) is 18.4. The van der Waals surface area contributed by atoms with Gasteiger partial charge in [0.05, 0.1) is 0 Å². The molecule has 0 atom stereocenters. The fraction of sp³-hybridized carbons (Fsp3) is 0.481. The van der Waals surface area contributed by atoms with Crippen LogP contribution in [0.5, 0.6) is 0 Å². The van der Waals surface area contributed by atoms with E-state index < -0.39 is 0 Å². The standard InChI is InChI=1S/C27H38ClN/c1-3-5-6-7-8-9-10-11-13-24-16-18-26(19-17-24)23-29(4-2)21-20-25-14-12-15-27(28)22-25/h11-19,22H,3-10,20-21,23H2,1-2H3/b13-11-. The summed E-state index contributed by atoms with van der Waals surface area (Å²) in [5.41, 5.74) is 3.99. The lowest BCUT2D eigenvalue weighted by atomic mass is 10.1. The number of allylic oxidation sites excluding steroid dienone is 1. The molecule has 0 aliphatic heterocycles. The van der Waals surface area contributed by atoms with Gasteiger partial charge >= 0.3 is 0 Å². The minimum Gasteiger partial charge on any atom is -0.299 e. The predicted octanol–water partition coefficient (Wildman–Crippen LogP) is 8.17. The number of nitrogens with zero attached hydrogens (tertiary/aromatic N) is 1. The summed E-state index contributed by atoms with van der Waals surface area (Å²) in [6.45, 7) is 7.61. The Morgan fingerprint density at radius 2 is 1.62 bits per heavy atom. The quantitative estimate of drug-likeness (QED) is 0.283. The van der Waals surface area contributed by atoms with Crippen LogP contribution in [0.25, 0.3) is 6.08 Å². The van der Waals surface area contributed by atoms with Crippen molar-refractivity contribution < 1.29 is 0 Å². The molecule has 2 aromatic carbocycles. The molecule has 0 unspecified atom stereocenters. The predicted molar refractivity (Wildman–Crippen MR) is 130 cm³/mol. The van der Waals surface area contributed by atoms with E-state index in [0.29, 0.717) is 0 Å². The Labute approximate surface area is 183 Å². The Hall–Kier alpha value is -1.57. The van der Waals surface area contributed by atoms with Crippen molar-refractivity contribution in [2.24, 2.45) is 0 Å². The van der Waals surface area contributed by atoms with Gasteiger partial charge in [0.1, 0.15) is 0 Å².